The van der Waals surface area contributed by atoms with Gasteiger partial charge in [0.15, 0.2) is 5.82 Å². The molecule has 0 fully saturated rings. The second-order valence-corrected chi connectivity index (χ2v) is 6.52. The largest absolute Gasteiger partial charge is 0.308 e. The standard InChI is InChI=1S/C19H16ClN7O/c20-16-8-6-14(7-9-16)12-26-11-10-17(23-26)21-18(28)13-27-24-19(22-25-27)15-4-2-1-3-5-15/h1-11H,12-13H2,(H,21,23,28). The third-order valence-electron chi connectivity index (χ3n) is 3.94. The van der Waals surface area contributed by atoms with Gasteiger partial charge in [-0.15, -0.1) is 10.2 Å². The molecule has 0 radical (unpaired) electrons. The molecular weight excluding hydrogens is 378 g/mol. The summed E-state index contributed by atoms with van der Waals surface area (Å²) in [6, 6.07) is 18.7. The lowest BCUT2D eigenvalue weighted by atomic mass is 10.2. The molecule has 1 amide bonds. The maximum absolute atomic E-state index is 12.2. The third kappa shape index (κ3) is 4.41. The maximum Gasteiger partial charge on any atom is 0.249 e. The molecule has 4 aromatic rings. The molecule has 8 nitrogen and oxygen atoms in total. The monoisotopic (exact) mass is 393 g/mol. The van der Waals surface area contributed by atoms with Crippen molar-refractivity contribution in [3.63, 3.8) is 0 Å². The molecule has 0 spiro atoms. The van der Waals surface area contributed by atoms with E-state index in [2.05, 4.69) is 25.8 Å². The minimum atomic E-state index is -0.284. The van der Waals surface area contributed by atoms with E-state index >= 15 is 0 Å². The van der Waals surface area contributed by atoms with Gasteiger partial charge >= 0.3 is 0 Å². The van der Waals surface area contributed by atoms with Crippen LogP contribution in [0, 0.1) is 0 Å². The van der Waals surface area contributed by atoms with Crippen molar-refractivity contribution in [1.29, 1.82) is 0 Å². The molecule has 140 valence electrons. The van der Waals surface area contributed by atoms with Crippen molar-refractivity contribution in [3.8, 4) is 11.4 Å². The number of halogens is 1. The van der Waals surface area contributed by atoms with Crippen molar-refractivity contribution >= 4 is 23.3 Å². The second kappa shape index (κ2) is 8.01. The molecule has 9 heteroatoms. The number of nitrogens with one attached hydrogen (secondary N) is 1. The Morgan fingerprint density at radius 3 is 2.57 bits per heavy atom. The SMILES string of the molecule is O=C(Cn1nnc(-c2ccccc2)n1)Nc1ccn(Cc2ccc(Cl)cc2)n1. The van der Waals surface area contributed by atoms with Crippen LogP contribution in [0.2, 0.25) is 5.02 Å². The summed E-state index contributed by atoms with van der Waals surface area (Å²) < 4.78 is 1.74. The van der Waals surface area contributed by atoms with Crippen molar-refractivity contribution in [1.82, 2.24) is 30.0 Å². The Morgan fingerprint density at radius 1 is 1.00 bits per heavy atom. The number of carbonyl (C=O) groups excluding carboxylic acids is 1. The molecule has 0 atom stereocenters. The molecule has 0 unspecified atom stereocenters. The van der Waals surface area contributed by atoms with Gasteiger partial charge in [0.25, 0.3) is 0 Å². The number of nitrogens with zero attached hydrogens (tertiary/aromatic N) is 6. The average molecular weight is 394 g/mol. The Kier molecular flexibility index (Phi) is 5.11. The number of carbonyl (C=O) groups is 1. The van der Waals surface area contributed by atoms with Gasteiger partial charge in [0.2, 0.25) is 11.7 Å². The van der Waals surface area contributed by atoms with E-state index in [1.165, 1.54) is 4.80 Å². The van der Waals surface area contributed by atoms with Crippen LogP contribution in [0.15, 0.2) is 66.9 Å². The first-order valence-corrected chi connectivity index (χ1v) is 8.94. The zero-order chi connectivity index (χ0) is 19.3. The quantitative estimate of drug-likeness (QED) is 0.544. The van der Waals surface area contributed by atoms with Crippen LogP contribution >= 0.6 is 11.6 Å². The highest BCUT2D eigenvalue weighted by atomic mass is 35.5. The Bertz CT molecular complexity index is 1070. The zero-order valence-electron chi connectivity index (χ0n) is 14.7. The van der Waals surface area contributed by atoms with Crippen molar-refractivity contribution in [2.75, 3.05) is 5.32 Å². The lowest BCUT2D eigenvalue weighted by Gasteiger charge is -2.03. The first-order valence-electron chi connectivity index (χ1n) is 8.57. The van der Waals surface area contributed by atoms with Gasteiger partial charge in [0.05, 0.1) is 6.54 Å². The van der Waals surface area contributed by atoms with Gasteiger partial charge in [0.1, 0.15) is 6.54 Å². The van der Waals surface area contributed by atoms with E-state index in [9.17, 15) is 4.79 Å². The lowest BCUT2D eigenvalue weighted by molar-refractivity contribution is -0.117. The maximum atomic E-state index is 12.2. The number of hydrogen-bond acceptors (Lipinski definition) is 5. The number of rotatable bonds is 6. The van der Waals surface area contributed by atoms with E-state index in [1.807, 2.05) is 54.6 Å². The summed E-state index contributed by atoms with van der Waals surface area (Å²) in [7, 11) is 0. The summed E-state index contributed by atoms with van der Waals surface area (Å²) >= 11 is 5.89. The zero-order valence-corrected chi connectivity index (χ0v) is 15.5. The molecule has 0 aliphatic rings. The molecule has 2 heterocycles. The topological polar surface area (TPSA) is 90.5 Å². The fraction of sp³-hybridized carbons (Fsp3) is 0.105. The molecule has 0 bridgehead atoms. The summed E-state index contributed by atoms with van der Waals surface area (Å²) in [5.74, 6) is 0.650. The van der Waals surface area contributed by atoms with Crippen LogP contribution in [0.25, 0.3) is 11.4 Å². The summed E-state index contributed by atoms with van der Waals surface area (Å²) in [4.78, 5) is 13.5. The van der Waals surface area contributed by atoms with E-state index < -0.39 is 0 Å². The highest BCUT2D eigenvalue weighted by molar-refractivity contribution is 6.30. The van der Waals surface area contributed by atoms with Crippen LogP contribution in [-0.2, 0) is 17.9 Å². The van der Waals surface area contributed by atoms with Gasteiger partial charge in [-0.2, -0.15) is 9.90 Å². The summed E-state index contributed by atoms with van der Waals surface area (Å²) in [6.45, 7) is 0.530. The number of benzene rings is 2. The summed E-state index contributed by atoms with van der Waals surface area (Å²) in [6.07, 6.45) is 1.80. The van der Waals surface area contributed by atoms with E-state index in [-0.39, 0.29) is 12.5 Å². The highest BCUT2D eigenvalue weighted by Gasteiger charge is 2.10. The number of anilines is 1. The molecule has 0 saturated carbocycles. The van der Waals surface area contributed by atoms with Gasteiger partial charge in [-0.3, -0.25) is 9.48 Å². The first kappa shape index (κ1) is 17.9. The summed E-state index contributed by atoms with van der Waals surface area (Å²) in [5.41, 5.74) is 1.90. The first-order chi connectivity index (χ1) is 13.7. The molecule has 0 saturated heterocycles. The van der Waals surface area contributed by atoms with E-state index in [0.29, 0.717) is 23.2 Å². The van der Waals surface area contributed by atoms with Gasteiger partial charge in [0, 0.05) is 22.8 Å². The smallest absolute Gasteiger partial charge is 0.249 e. The number of amides is 1. The summed E-state index contributed by atoms with van der Waals surface area (Å²) in [5, 5.41) is 19.9. The molecule has 28 heavy (non-hydrogen) atoms. The van der Waals surface area contributed by atoms with Crippen LogP contribution in [0.3, 0.4) is 0 Å². The van der Waals surface area contributed by atoms with Gasteiger partial charge in [-0.1, -0.05) is 54.1 Å². The average Bonchev–Trinajstić information content (AvgIpc) is 3.34. The van der Waals surface area contributed by atoms with Gasteiger partial charge < -0.3 is 5.32 Å². The van der Waals surface area contributed by atoms with Gasteiger partial charge in [-0.05, 0) is 22.9 Å². The molecule has 2 aromatic heterocycles. The normalized spacial score (nSPS) is 10.8. The van der Waals surface area contributed by atoms with E-state index in [4.69, 9.17) is 11.6 Å². The van der Waals surface area contributed by atoms with Crippen molar-refractivity contribution in [2.24, 2.45) is 0 Å². The Balaban J connectivity index is 1.35. The fourth-order valence-electron chi connectivity index (χ4n) is 2.62. The molecular formula is C19H16ClN7O. The minimum absolute atomic E-state index is 0.0517. The second-order valence-electron chi connectivity index (χ2n) is 6.08. The fourth-order valence-corrected chi connectivity index (χ4v) is 2.74. The van der Waals surface area contributed by atoms with Crippen LogP contribution < -0.4 is 5.32 Å². The van der Waals surface area contributed by atoms with Crippen LogP contribution in [0.5, 0.6) is 0 Å². The predicted octanol–water partition coefficient (Wildman–Crippen LogP) is 2.88. The lowest BCUT2D eigenvalue weighted by Crippen LogP contribution is -2.20. The van der Waals surface area contributed by atoms with Gasteiger partial charge in [-0.25, -0.2) is 0 Å². The molecule has 2 aromatic carbocycles. The van der Waals surface area contributed by atoms with Crippen molar-refractivity contribution in [2.45, 2.75) is 13.1 Å². The molecule has 0 aliphatic heterocycles. The van der Waals surface area contributed by atoms with E-state index in [0.717, 1.165) is 11.1 Å². The predicted molar refractivity (Wildman–Crippen MR) is 105 cm³/mol. The van der Waals surface area contributed by atoms with E-state index in [1.54, 1.807) is 16.9 Å². The van der Waals surface area contributed by atoms with Crippen molar-refractivity contribution in [3.05, 3.63) is 77.4 Å². The Morgan fingerprint density at radius 2 is 1.79 bits per heavy atom. The minimum Gasteiger partial charge on any atom is -0.308 e. The number of hydrogen-bond donors (Lipinski definition) is 1. The molecule has 1 N–H and O–H groups in total. The number of tetrazole rings is 1. The van der Waals surface area contributed by atoms with Crippen LogP contribution in [0.1, 0.15) is 5.56 Å². The van der Waals surface area contributed by atoms with Crippen molar-refractivity contribution < 1.29 is 4.79 Å². The highest BCUT2D eigenvalue weighted by Crippen LogP contribution is 2.13. The molecule has 4 rings (SSSR count). The van der Waals surface area contributed by atoms with Crippen LogP contribution in [-0.4, -0.2) is 35.9 Å². The molecule has 0 aliphatic carbocycles. The Hall–Kier alpha value is -3.52. The Labute approximate surface area is 165 Å². The third-order valence-corrected chi connectivity index (χ3v) is 4.19. The number of aromatic nitrogens is 6. The van der Waals surface area contributed by atoms with Crippen LogP contribution in [0.4, 0.5) is 5.82 Å².